The lowest BCUT2D eigenvalue weighted by molar-refractivity contribution is 0.413. The predicted molar refractivity (Wildman–Crippen MR) is 105 cm³/mol. The summed E-state index contributed by atoms with van der Waals surface area (Å²) in [7, 11) is 1.63. The molecule has 0 spiro atoms. The highest BCUT2D eigenvalue weighted by Crippen LogP contribution is 2.32. The molecule has 0 atom stereocenters. The molecular weight excluding hydrogens is 371 g/mol. The Morgan fingerprint density at radius 1 is 0.846 bits per heavy atom. The van der Waals surface area contributed by atoms with E-state index in [9.17, 15) is 5.11 Å². The van der Waals surface area contributed by atoms with Crippen molar-refractivity contribution in [3.8, 4) is 23.0 Å². The van der Waals surface area contributed by atoms with Crippen LogP contribution in [0.25, 0.3) is 0 Å². The Morgan fingerprint density at radius 2 is 1.58 bits per heavy atom. The van der Waals surface area contributed by atoms with Gasteiger partial charge in [-0.05, 0) is 72.5 Å². The summed E-state index contributed by atoms with van der Waals surface area (Å²) in [5.74, 6) is 2.36. The highest BCUT2D eigenvalue weighted by atomic mass is 35.5. The molecule has 0 bridgehead atoms. The first-order valence-electron chi connectivity index (χ1n) is 8.13. The molecular formula is C21H18Cl2O3. The second kappa shape index (κ2) is 8.35. The van der Waals surface area contributed by atoms with Gasteiger partial charge >= 0.3 is 0 Å². The van der Waals surface area contributed by atoms with Crippen molar-refractivity contribution in [3.05, 3.63) is 81.8 Å². The second-order valence-electron chi connectivity index (χ2n) is 5.82. The molecule has 0 saturated carbocycles. The molecule has 0 radical (unpaired) electrons. The fourth-order valence-electron chi connectivity index (χ4n) is 2.63. The Balaban J connectivity index is 1.69. The van der Waals surface area contributed by atoms with Gasteiger partial charge in [0.1, 0.15) is 23.0 Å². The minimum absolute atomic E-state index is 0.0849. The van der Waals surface area contributed by atoms with Crippen LogP contribution in [0.15, 0.2) is 60.7 Å². The molecule has 0 aliphatic rings. The molecule has 0 unspecified atom stereocenters. The van der Waals surface area contributed by atoms with Gasteiger partial charge in [-0.2, -0.15) is 0 Å². The van der Waals surface area contributed by atoms with Gasteiger partial charge in [0, 0.05) is 5.02 Å². The molecule has 0 aliphatic heterocycles. The highest BCUT2D eigenvalue weighted by Gasteiger charge is 2.08. The summed E-state index contributed by atoms with van der Waals surface area (Å²) < 4.78 is 11.0. The first-order valence-corrected chi connectivity index (χ1v) is 8.88. The van der Waals surface area contributed by atoms with E-state index in [1.54, 1.807) is 13.2 Å². The minimum Gasteiger partial charge on any atom is -0.506 e. The maximum atomic E-state index is 10.1. The molecule has 0 aliphatic carbocycles. The molecule has 1 N–H and O–H groups in total. The Hall–Kier alpha value is -2.36. The number of phenols is 1. The number of halogens is 2. The van der Waals surface area contributed by atoms with Crippen LogP contribution in [0.4, 0.5) is 0 Å². The normalized spacial score (nSPS) is 10.6. The zero-order valence-electron chi connectivity index (χ0n) is 14.2. The SMILES string of the molecule is COc1ccc(Oc2cccc(CCc3cc(Cl)cc(Cl)c3O)c2)cc1. The number of aromatic hydroxyl groups is 1. The average Bonchev–Trinajstić information content (AvgIpc) is 2.64. The summed E-state index contributed by atoms with van der Waals surface area (Å²) >= 11 is 12.0. The van der Waals surface area contributed by atoms with E-state index in [-0.39, 0.29) is 10.8 Å². The summed E-state index contributed by atoms with van der Waals surface area (Å²) in [5, 5.41) is 10.8. The molecule has 0 saturated heterocycles. The zero-order valence-corrected chi connectivity index (χ0v) is 15.7. The molecule has 5 heteroatoms. The molecule has 0 heterocycles. The largest absolute Gasteiger partial charge is 0.506 e. The van der Waals surface area contributed by atoms with E-state index in [1.807, 2.05) is 48.5 Å². The summed E-state index contributed by atoms with van der Waals surface area (Å²) in [6, 6.07) is 18.5. The van der Waals surface area contributed by atoms with Gasteiger partial charge in [0.15, 0.2) is 0 Å². The Labute approximate surface area is 162 Å². The van der Waals surface area contributed by atoms with Crippen molar-refractivity contribution >= 4 is 23.2 Å². The van der Waals surface area contributed by atoms with Crippen molar-refractivity contribution in [2.45, 2.75) is 12.8 Å². The molecule has 3 nitrogen and oxygen atoms in total. The lowest BCUT2D eigenvalue weighted by Gasteiger charge is -2.10. The van der Waals surface area contributed by atoms with Crippen LogP contribution in [-0.2, 0) is 12.8 Å². The number of ether oxygens (including phenoxy) is 2. The van der Waals surface area contributed by atoms with Gasteiger partial charge in [-0.3, -0.25) is 0 Å². The number of phenolic OH excluding ortho intramolecular Hbond substituents is 1. The van der Waals surface area contributed by atoms with E-state index in [0.717, 1.165) is 34.8 Å². The quantitative estimate of drug-likeness (QED) is 0.539. The van der Waals surface area contributed by atoms with Crippen LogP contribution in [0.3, 0.4) is 0 Å². The van der Waals surface area contributed by atoms with Crippen LogP contribution >= 0.6 is 23.2 Å². The van der Waals surface area contributed by atoms with Gasteiger partial charge in [-0.1, -0.05) is 35.3 Å². The first kappa shape index (κ1) is 18.4. The second-order valence-corrected chi connectivity index (χ2v) is 6.66. The summed E-state index contributed by atoms with van der Waals surface area (Å²) in [6.07, 6.45) is 1.35. The molecule has 3 rings (SSSR count). The van der Waals surface area contributed by atoms with Gasteiger partial charge in [0.05, 0.1) is 12.1 Å². The van der Waals surface area contributed by atoms with Crippen molar-refractivity contribution in [2.24, 2.45) is 0 Å². The maximum absolute atomic E-state index is 10.1. The summed E-state index contributed by atoms with van der Waals surface area (Å²) in [4.78, 5) is 0. The average molecular weight is 389 g/mol. The first-order chi connectivity index (χ1) is 12.5. The third kappa shape index (κ3) is 4.63. The van der Waals surface area contributed by atoms with Crippen molar-refractivity contribution in [1.29, 1.82) is 0 Å². The topological polar surface area (TPSA) is 38.7 Å². The van der Waals surface area contributed by atoms with E-state index < -0.39 is 0 Å². The maximum Gasteiger partial charge on any atom is 0.137 e. The highest BCUT2D eigenvalue weighted by molar-refractivity contribution is 6.35. The van der Waals surface area contributed by atoms with Crippen molar-refractivity contribution < 1.29 is 14.6 Å². The number of rotatable bonds is 6. The fourth-order valence-corrected chi connectivity index (χ4v) is 3.17. The van der Waals surface area contributed by atoms with Crippen molar-refractivity contribution in [1.82, 2.24) is 0 Å². The molecule has 3 aromatic carbocycles. The van der Waals surface area contributed by atoms with E-state index in [4.69, 9.17) is 32.7 Å². The smallest absolute Gasteiger partial charge is 0.137 e. The van der Waals surface area contributed by atoms with Crippen LogP contribution < -0.4 is 9.47 Å². The summed E-state index contributed by atoms with van der Waals surface area (Å²) in [6.45, 7) is 0. The number of benzene rings is 3. The third-order valence-corrected chi connectivity index (χ3v) is 4.49. The van der Waals surface area contributed by atoms with Crippen molar-refractivity contribution in [3.63, 3.8) is 0 Å². The molecule has 134 valence electrons. The Kier molecular flexibility index (Phi) is 5.92. The molecule has 3 aromatic rings. The minimum atomic E-state index is 0.0849. The van der Waals surface area contributed by atoms with Crippen molar-refractivity contribution in [2.75, 3.05) is 7.11 Å². The third-order valence-electron chi connectivity index (χ3n) is 3.98. The molecule has 0 fully saturated rings. The van der Waals surface area contributed by atoms with Crippen LogP contribution in [0, 0.1) is 0 Å². The van der Waals surface area contributed by atoms with Gasteiger partial charge in [0.25, 0.3) is 0 Å². The van der Waals surface area contributed by atoms with Gasteiger partial charge in [0.2, 0.25) is 0 Å². The standard InChI is InChI=1S/C21H18Cl2O3/c1-25-17-7-9-18(10-8-17)26-19-4-2-3-14(11-19)5-6-15-12-16(22)13-20(23)21(15)24/h2-4,7-13,24H,5-6H2,1H3. The monoisotopic (exact) mass is 388 g/mol. The Morgan fingerprint density at radius 3 is 2.31 bits per heavy atom. The fraction of sp³-hybridized carbons (Fsp3) is 0.143. The number of hydrogen-bond donors (Lipinski definition) is 1. The summed E-state index contributed by atoms with van der Waals surface area (Å²) in [5.41, 5.74) is 1.82. The number of hydrogen-bond acceptors (Lipinski definition) is 3. The van der Waals surface area contributed by atoms with E-state index >= 15 is 0 Å². The lowest BCUT2D eigenvalue weighted by Crippen LogP contribution is -1.94. The zero-order chi connectivity index (χ0) is 18.5. The number of methoxy groups -OCH3 is 1. The predicted octanol–water partition coefficient (Wildman–Crippen LogP) is 6.29. The Bertz CT molecular complexity index is 892. The molecule has 0 aromatic heterocycles. The van der Waals surface area contributed by atoms with Crippen LogP contribution in [-0.4, -0.2) is 12.2 Å². The van der Waals surface area contributed by atoms with Gasteiger partial charge in [-0.25, -0.2) is 0 Å². The number of aryl methyl sites for hydroxylation is 2. The van der Waals surface area contributed by atoms with E-state index in [2.05, 4.69) is 0 Å². The van der Waals surface area contributed by atoms with Gasteiger partial charge < -0.3 is 14.6 Å². The van der Waals surface area contributed by atoms with Gasteiger partial charge in [-0.15, -0.1) is 0 Å². The van der Waals surface area contributed by atoms with Crippen LogP contribution in [0.1, 0.15) is 11.1 Å². The van der Waals surface area contributed by atoms with E-state index in [0.29, 0.717) is 11.4 Å². The lowest BCUT2D eigenvalue weighted by atomic mass is 10.0. The molecule has 26 heavy (non-hydrogen) atoms. The van der Waals surface area contributed by atoms with Crippen LogP contribution in [0.5, 0.6) is 23.0 Å². The molecule has 0 amide bonds. The van der Waals surface area contributed by atoms with E-state index in [1.165, 1.54) is 6.07 Å². The van der Waals surface area contributed by atoms with Crippen LogP contribution in [0.2, 0.25) is 10.0 Å².